The third-order valence-corrected chi connectivity index (χ3v) is 3.01. The van der Waals surface area contributed by atoms with Gasteiger partial charge in [0.25, 0.3) is 0 Å². The zero-order chi connectivity index (χ0) is 12.4. The number of rotatable bonds is 2. The number of aryl methyl sites for hydroxylation is 1. The van der Waals surface area contributed by atoms with Crippen molar-refractivity contribution in [3.8, 4) is 11.1 Å². The number of benzene rings is 1. The van der Waals surface area contributed by atoms with Crippen molar-refractivity contribution in [2.75, 3.05) is 0 Å². The Morgan fingerprint density at radius 3 is 2.47 bits per heavy atom. The fraction of sp³-hybridized carbons (Fsp3) is 0.0833. The van der Waals surface area contributed by atoms with Crippen LogP contribution >= 0.6 is 15.9 Å². The quantitative estimate of drug-likeness (QED) is 0.481. The van der Waals surface area contributed by atoms with Crippen molar-refractivity contribution in [2.45, 2.75) is 6.92 Å². The van der Waals surface area contributed by atoms with E-state index in [9.17, 15) is 10.1 Å². The third-order valence-electron chi connectivity index (χ3n) is 2.42. The van der Waals surface area contributed by atoms with Gasteiger partial charge in [-0.25, -0.2) is 4.98 Å². The Hall–Kier alpha value is -1.75. The van der Waals surface area contributed by atoms with E-state index in [4.69, 9.17) is 0 Å². The van der Waals surface area contributed by atoms with Gasteiger partial charge in [0, 0.05) is 6.20 Å². The molecule has 1 aromatic carbocycles. The molecule has 0 atom stereocenters. The van der Waals surface area contributed by atoms with Crippen LogP contribution in [-0.4, -0.2) is 9.91 Å². The minimum atomic E-state index is -0.424. The summed E-state index contributed by atoms with van der Waals surface area (Å²) in [6, 6.07) is 9.22. The molecule has 0 radical (unpaired) electrons. The molecule has 0 N–H and O–H groups in total. The number of halogens is 1. The lowest BCUT2D eigenvalue weighted by Crippen LogP contribution is -1.95. The van der Waals surface area contributed by atoms with Crippen LogP contribution in [0.25, 0.3) is 11.1 Å². The highest BCUT2D eigenvalue weighted by atomic mass is 79.9. The molecule has 0 bridgehead atoms. The van der Waals surface area contributed by atoms with Gasteiger partial charge in [0.15, 0.2) is 4.60 Å². The maximum absolute atomic E-state index is 11.0. The lowest BCUT2D eigenvalue weighted by Gasteiger charge is -2.04. The minimum Gasteiger partial charge on any atom is -0.258 e. The van der Waals surface area contributed by atoms with Crippen LogP contribution in [-0.2, 0) is 0 Å². The molecule has 1 heterocycles. The van der Waals surface area contributed by atoms with Gasteiger partial charge in [-0.2, -0.15) is 0 Å². The van der Waals surface area contributed by atoms with Gasteiger partial charge in [0.1, 0.15) is 0 Å². The third kappa shape index (κ3) is 2.34. The second-order valence-corrected chi connectivity index (χ2v) is 4.37. The van der Waals surface area contributed by atoms with Crippen molar-refractivity contribution >= 4 is 21.6 Å². The van der Waals surface area contributed by atoms with Crippen LogP contribution < -0.4 is 0 Å². The highest BCUT2D eigenvalue weighted by molar-refractivity contribution is 9.10. The number of nitro groups is 1. The predicted octanol–water partition coefficient (Wildman–Crippen LogP) is 3.73. The first-order valence-electron chi connectivity index (χ1n) is 4.95. The van der Waals surface area contributed by atoms with Crippen LogP contribution in [0.4, 0.5) is 5.69 Å². The normalized spacial score (nSPS) is 10.2. The number of hydrogen-bond donors (Lipinski definition) is 0. The second-order valence-electron chi connectivity index (χ2n) is 3.62. The van der Waals surface area contributed by atoms with Crippen LogP contribution in [0.5, 0.6) is 0 Å². The van der Waals surface area contributed by atoms with Crippen LogP contribution in [0.1, 0.15) is 5.56 Å². The van der Waals surface area contributed by atoms with Crippen LogP contribution in [0.2, 0.25) is 0 Å². The van der Waals surface area contributed by atoms with Gasteiger partial charge in [-0.3, -0.25) is 10.1 Å². The van der Waals surface area contributed by atoms with E-state index in [-0.39, 0.29) is 10.3 Å². The van der Waals surface area contributed by atoms with Crippen molar-refractivity contribution in [1.29, 1.82) is 0 Å². The summed E-state index contributed by atoms with van der Waals surface area (Å²) in [4.78, 5) is 14.5. The molecule has 0 aliphatic heterocycles. The number of hydrogen-bond acceptors (Lipinski definition) is 3. The molecule has 0 spiro atoms. The largest absolute Gasteiger partial charge is 0.309 e. The highest BCUT2D eigenvalue weighted by Crippen LogP contribution is 2.34. The summed E-state index contributed by atoms with van der Waals surface area (Å²) >= 11 is 3.11. The van der Waals surface area contributed by atoms with E-state index in [1.807, 2.05) is 31.2 Å². The van der Waals surface area contributed by atoms with E-state index < -0.39 is 4.92 Å². The summed E-state index contributed by atoms with van der Waals surface area (Å²) in [7, 11) is 0. The molecule has 2 aromatic rings. The predicted molar refractivity (Wildman–Crippen MR) is 68.8 cm³/mol. The van der Waals surface area contributed by atoms with Crippen molar-refractivity contribution in [1.82, 2.24) is 4.98 Å². The standard InChI is InChI=1S/C12H9BrN2O2/c1-8-2-4-9(5-3-8)10-6-7-14-12(13)11(10)15(16)17/h2-7H,1H3. The Morgan fingerprint density at radius 2 is 1.88 bits per heavy atom. The van der Waals surface area contributed by atoms with E-state index in [1.54, 1.807) is 12.3 Å². The summed E-state index contributed by atoms with van der Waals surface area (Å²) < 4.78 is 0.251. The summed E-state index contributed by atoms with van der Waals surface area (Å²) in [5.74, 6) is 0. The number of pyridine rings is 1. The van der Waals surface area contributed by atoms with Gasteiger partial charge in [-0.15, -0.1) is 0 Å². The van der Waals surface area contributed by atoms with Crippen LogP contribution in [0, 0.1) is 17.0 Å². The highest BCUT2D eigenvalue weighted by Gasteiger charge is 2.20. The van der Waals surface area contributed by atoms with E-state index >= 15 is 0 Å². The van der Waals surface area contributed by atoms with Crippen molar-refractivity contribution in [3.05, 3.63) is 56.8 Å². The van der Waals surface area contributed by atoms with E-state index in [0.717, 1.165) is 11.1 Å². The SMILES string of the molecule is Cc1ccc(-c2ccnc(Br)c2[N+](=O)[O-])cc1. The van der Waals surface area contributed by atoms with Gasteiger partial charge in [-0.05, 0) is 34.5 Å². The maximum atomic E-state index is 11.0. The number of aromatic nitrogens is 1. The molecular weight excluding hydrogens is 284 g/mol. The van der Waals surface area contributed by atoms with E-state index in [1.165, 1.54) is 0 Å². The maximum Gasteiger partial charge on any atom is 0.309 e. The van der Waals surface area contributed by atoms with Crippen molar-refractivity contribution in [3.63, 3.8) is 0 Å². The smallest absolute Gasteiger partial charge is 0.258 e. The summed E-state index contributed by atoms with van der Waals surface area (Å²) in [5.41, 5.74) is 2.49. The Bertz CT molecular complexity index is 567. The molecule has 0 amide bonds. The van der Waals surface area contributed by atoms with Gasteiger partial charge in [0.05, 0.1) is 10.5 Å². The molecule has 86 valence electrons. The van der Waals surface area contributed by atoms with Crippen LogP contribution in [0.15, 0.2) is 41.1 Å². The fourth-order valence-corrected chi connectivity index (χ4v) is 2.04. The molecule has 1 aromatic heterocycles. The van der Waals surface area contributed by atoms with Gasteiger partial charge in [-0.1, -0.05) is 29.8 Å². The molecule has 2 rings (SSSR count). The Morgan fingerprint density at radius 1 is 1.24 bits per heavy atom. The summed E-state index contributed by atoms with van der Waals surface area (Å²) in [6.07, 6.45) is 1.55. The zero-order valence-corrected chi connectivity index (χ0v) is 10.6. The van der Waals surface area contributed by atoms with E-state index in [2.05, 4.69) is 20.9 Å². The zero-order valence-electron chi connectivity index (χ0n) is 9.05. The van der Waals surface area contributed by atoms with Gasteiger partial charge < -0.3 is 0 Å². The first-order chi connectivity index (χ1) is 8.09. The molecule has 0 unspecified atom stereocenters. The van der Waals surface area contributed by atoms with Crippen molar-refractivity contribution in [2.24, 2.45) is 0 Å². The Balaban J connectivity index is 2.63. The molecule has 17 heavy (non-hydrogen) atoms. The van der Waals surface area contributed by atoms with Gasteiger partial charge >= 0.3 is 5.69 Å². The topological polar surface area (TPSA) is 56.0 Å². The van der Waals surface area contributed by atoms with E-state index in [0.29, 0.717) is 5.56 Å². The minimum absolute atomic E-state index is 0.00338. The Kier molecular flexibility index (Phi) is 3.19. The molecule has 0 aliphatic carbocycles. The average Bonchev–Trinajstić information content (AvgIpc) is 2.29. The van der Waals surface area contributed by atoms with Crippen molar-refractivity contribution < 1.29 is 4.92 Å². The molecule has 0 saturated heterocycles. The molecular formula is C12H9BrN2O2. The lowest BCUT2D eigenvalue weighted by atomic mass is 10.0. The second kappa shape index (κ2) is 4.63. The average molecular weight is 293 g/mol. The molecule has 4 nitrogen and oxygen atoms in total. The molecule has 5 heteroatoms. The van der Waals surface area contributed by atoms with Crippen LogP contribution in [0.3, 0.4) is 0 Å². The Labute approximate surface area is 107 Å². The van der Waals surface area contributed by atoms with Gasteiger partial charge in [0.2, 0.25) is 0 Å². The summed E-state index contributed by atoms with van der Waals surface area (Å²) in [5, 5.41) is 11.0. The molecule has 0 saturated carbocycles. The monoisotopic (exact) mass is 292 g/mol. The summed E-state index contributed by atoms with van der Waals surface area (Å²) in [6.45, 7) is 1.97. The molecule has 0 fully saturated rings. The number of nitrogens with zero attached hydrogens (tertiary/aromatic N) is 2. The first-order valence-corrected chi connectivity index (χ1v) is 5.75. The lowest BCUT2D eigenvalue weighted by molar-refractivity contribution is -0.385. The fourth-order valence-electron chi connectivity index (χ4n) is 1.57. The first kappa shape index (κ1) is 11.7. The molecule has 0 aliphatic rings.